The predicted octanol–water partition coefficient (Wildman–Crippen LogP) is 3.82. The molecule has 1 aromatic carbocycles. The van der Waals surface area contributed by atoms with Crippen molar-refractivity contribution < 1.29 is 0 Å². The van der Waals surface area contributed by atoms with Gasteiger partial charge >= 0.3 is 0 Å². The van der Waals surface area contributed by atoms with Gasteiger partial charge in [-0.2, -0.15) is 0 Å². The standard InChI is InChI=1S/C18H27N/c1-13-7-9-14(10-8-13)18(19-2)17-11-15-5-3-4-6-16(15)12-17/h3-6,13-14,17-19H,7-12H2,1-2H3. The van der Waals surface area contributed by atoms with Crippen LogP contribution in [-0.4, -0.2) is 13.1 Å². The lowest BCUT2D eigenvalue weighted by Crippen LogP contribution is -2.42. The Labute approximate surface area is 117 Å². The highest BCUT2D eigenvalue weighted by atomic mass is 14.9. The van der Waals surface area contributed by atoms with Gasteiger partial charge < -0.3 is 5.32 Å². The van der Waals surface area contributed by atoms with Crippen molar-refractivity contribution in [2.24, 2.45) is 17.8 Å². The Kier molecular flexibility index (Phi) is 3.93. The van der Waals surface area contributed by atoms with Crippen molar-refractivity contribution in [2.75, 3.05) is 7.05 Å². The molecular weight excluding hydrogens is 230 g/mol. The summed E-state index contributed by atoms with van der Waals surface area (Å²) in [6.45, 7) is 2.41. The van der Waals surface area contributed by atoms with Gasteiger partial charge in [0, 0.05) is 6.04 Å². The zero-order chi connectivity index (χ0) is 13.2. The highest BCUT2D eigenvalue weighted by Gasteiger charge is 2.34. The maximum atomic E-state index is 3.66. The number of rotatable bonds is 3. The lowest BCUT2D eigenvalue weighted by molar-refractivity contribution is 0.192. The zero-order valence-corrected chi connectivity index (χ0v) is 12.4. The van der Waals surface area contributed by atoms with E-state index >= 15 is 0 Å². The fourth-order valence-electron chi connectivity index (χ4n) is 4.35. The molecule has 0 bridgehead atoms. The monoisotopic (exact) mass is 257 g/mol. The van der Waals surface area contributed by atoms with E-state index in [1.54, 1.807) is 11.1 Å². The van der Waals surface area contributed by atoms with Gasteiger partial charge in [-0.1, -0.05) is 44.0 Å². The summed E-state index contributed by atoms with van der Waals surface area (Å²) in [6, 6.07) is 9.76. The maximum Gasteiger partial charge on any atom is 0.0127 e. The Morgan fingerprint density at radius 3 is 2.05 bits per heavy atom. The molecule has 0 amide bonds. The van der Waals surface area contributed by atoms with Crippen molar-refractivity contribution in [2.45, 2.75) is 51.5 Å². The molecule has 1 aromatic rings. The molecular formula is C18H27N. The fraction of sp³-hybridized carbons (Fsp3) is 0.667. The number of nitrogens with one attached hydrogen (secondary N) is 1. The summed E-state index contributed by atoms with van der Waals surface area (Å²) in [5, 5.41) is 3.66. The Morgan fingerprint density at radius 1 is 0.947 bits per heavy atom. The van der Waals surface area contributed by atoms with Crippen molar-refractivity contribution in [1.82, 2.24) is 5.32 Å². The Bertz CT molecular complexity index is 392. The molecule has 2 aliphatic carbocycles. The SMILES string of the molecule is CNC(C1CCC(C)CC1)C1Cc2ccccc2C1. The third-order valence-electron chi connectivity index (χ3n) is 5.49. The van der Waals surface area contributed by atoms with Gasteiger partial charge in [-0.25, -0.2) is 0 Å². The Balaban J connectivity index is 1.68. The van der Waals surface area contributed by atoms with Gasteiger partial charge in [-0.3, -0.25) is 0 Å². The molecule has 0 radical (unpaired) electrons. The second-order valence-corrected chi connectivity index (χ2v) is 6.77. The smallest absolute Gasteiger partial charge is 0.0127 e. The van der Waals surface area contributed by atoms with Gasteiger partial charge in [0.1, 0.15) is 0 Å². The van der Waals surface area contributed by atoms with Crippen LogP contribution in [0.1, 0.15) is 43.7 Å². The van der Waals surface area contributed by atoms with Crippen LogP contribution in [-0.2, 0) is 12.8 Å². The van der Waals surface area contributed by atoms with Crippen molar-refractivity contribution in [3.8, 4) is 0 Å². The minimum Gasteiger partial charge on any atom is -0.316 e. The average Bonchev–Trinajstić information content (AvgIpc) is 2.85. The van der Waals surface area contributed by atoms with Gasteiger partial charge in [0.2, 0.25) is 0 Å². The van der Waals surface area contributed by atoms with E-state index in [1.165, 1.54) is 38.5 Å². The summed E-state index contributed by atoms with van der Waals surface area (Å²) in [5.74, 6) is 2.68. The molecule has 0 spiro atoms. The second-order valence-electron chi connectivity index (χ2n) is 6.77. The predicted molar refractivity (Wildman–Crippen MR) is 81.3 cm³/mol. The third kappa shape index (κ3) is 2.72. The summed E-state index contributed by atoms with van der Waals surface area (Å²) in [7, 11) is 2.17. The van der Waals surface area contributed by atoms with Crippen LogP contribution in [0.4, 0.5) is 0 Å². The highest BCUT2D eigenvalue weighted by Crippen LogP contribution is 2.37. The molecule has 104 valence electrons. The minimum absolute atomic E-state index is 0.722. The van der Waals surface area contributed by atoms with E-state index in [2.05, 4.69) is 43.6 Å². The van der Waals surface area contributed by atoms with Crippen molar-refractivity contribution in [1.29, 1.82) is 0 Å². The topological polar surface area (TPSA) is 12.0 Å². The molecule has 0 aliphatic heterocycles. The van der Waals surface area contributed by atoms with Crippen LogP contribution in [0.25, 0.3) is 0 Å². The fourth-order valence-corrected chi connectivity index (χ4v) is 4.35. The van der Waals surface area contributed by atoms with Crippen LogP contribution in [0.15, 0.2) is 24.3 Å². The largest absolute Gasteiger partial charge is 0.316 e. The molecule has 1 nitrogen and oxygen atoms in total. The zero-order valence-electron chi connectivity index (χ0n) is 12.4. The number of hydrogen-bond acceptors (Lipinski definition) is 1. The summed E-state index contributed by atoms with van der Waals surface area (Å²) in [5.41, 5.74) is 3.19. The summed E-state index contributed by atoms with van der Waals surface area (Å²) in [6.07, 6.45) is 8.30. The van der Waals surface area contributed by atoms with Crippen LogP contribution in [0.3, 0.4) is 0 Å². The van der Waals surface area contributed by atoms with Crippen molar-refractivity contribution in [3.05, 3.63) is 35.4 Å². The molecule has 1 atom stereocenters. The molecule has 1 saturated carbocycles. The molecule has 2 aliphatic rings. The highest BCUT2D eigenvalue weighted by molar-refractivity contribution is 5.32. The average molecular weight is 257 g/mol. The van der Waals surface area contributed by atoms with Gasteiger partial charge in [-0.05, 0) is 61.6 Å². The minimum atomic E-state index is 0.722. The summed E-state index contributed by atoms with van der Waals surface area (Å²) in [4.78, 5) is 0. The Morgan fingerprint density at radius 2 is 1.53 bits per heavy atom. The lowest BCUT2D eigenvalue weighted by Gasteiger charge is -2.36. The first-order valence-electron chi connectivity index (χ1n) is 8.02. The van der Waals surface area contributed by atoms with Gasteiger partial charge in [0.15, 0.2) is 0 Å². The quantitative estimate of drug-likeness (QED) is 0.868. The van der Waals surface area contributed by atoms with E-state index in [0.717, 1.165) is 23.8 Å². The van der Waals surface area contributed by atoms with E-state index in [1.807, 2.05) is 0 Å². The molecule has 0 aromatic heterocycles. The number of benzene rings is 1. The number of fused-ring (bicyclic) bond motifs is 1. The first-order valence-corrected chi connectivity index (χ1v) is 8.02. The molecule has 1 heteroatoms. The van der Waals surface area contributed by atoms with E-state index < -0.39 is 0 Å². The van der Waals surface area contributed by atoms with Gasteiger partial charge in [0.25, 0.3) is 0 Å². The first-order chi connectivity index (χ1) is 9.28. The summed E-state index contributed by atoms with van der Waals surface area (Å²) < 4.78 is 0. The van der Waals surface area contributed by atoms with Crippen LogP contribution in [0, 0.1) is 17.8 Å². The van der Waals surface area contributed by atoms with Crippen molar-refractivity contribution in [3.63, 3.8) is 0 Å². The van der Waals surface area contributed by atoms with E-state index in [9.17, 15) is 0 Å². The molecule has 1 N–H and O–H groups in total. The summed E-state index contributed by atoms with van der Waals surface area (Å²) >= 11 is 0. The normalized spacial score (nSPS) is 29.2. The van der Waals surface area contributed by atoms with Crippen LogP contribution in [0.2, 0.25) is 0 Å². The third-order valence-corrected chi connectivity index (χ3v) is 5.49. The number of hydrogen-bond donors (Lipinski definition) is 1. The molecule has 19 heavy (non-hydrogen) atoms. The van der Waals surface area contributed by atoms with Gasteiger partial charge in [-0.15, -0.1) is 0 Å². The Hall–Kier alpha value is -0.820. The van der Waals surface area contributed by atoms with Crippen molar-refractivity contribution >= 4 is 0 Å². The van der Waals surface area contributed by atoms with Crippen LogP contribution in [0.5, 0.6) is 0 Å². The van der Waals surface area contributed by atoms with Crippen LogP contribution < -0.4 is 5.32 Å². The lowest BCUT2D eigenvalue weighted by atomic mass is 9.75. The van der Waals surface area contributed by atoms with E-state index in [4.69, 9.17) is 0 Å². The second kappa shape index (κ2) is 5.66. The molecule has 3 rings (SSSR count). The van der Waals surface area contributed by atoms with Gasteiger partial charge in [0.05, 0.1) is 0 Å². The molecule has 1 unspecified atom stereocenters. The van der Waals surface area contributed by atoms with E-state index in [0.29, 0.717) is 0 Å². The first kappa shape index (κ1) is 13.2. The molecule has 0 heterocycles. The molecule has 1 fully saturated rings. The van der Waals surface area contributed by atoms with Crippen LogP contribution >= 0.6 is 0 Å². The van der Waals surface area contributed by atoms with E-state index in [-0.39, 0.29) is 0 Å². The maximum absolute atomic E-state index is 3.66. The molecule has 0 saturated heterocycles.